The molecule has 9 heteroatoms. The van der Waals surface area contributed by atoms with Gasteiger partial charge in [-0.3, -0.25) is 14.5 Å². The lowest BCUT2D eigenvalue weighted by Gasteiger charge is -2.24. The van der Waals surface area contributed by atoms with E-state index < -0.39 is 17.7 Å². The summed E-state index contributed by atoms with van der Waals surface area (Å²) in [5.74, 6) is -0.308. The molecule has 4 aromatic rings. The number of hydrogen-bond acceptors (Lipinski definition) is 7. The predicted octanol–water partition coefficient (Wildman–Crippen LogP) is 8.02. The summed E-state index contributed by atoms with van der Waals surface area (Å²) in [4.78, 5) is 33.6. The van der Waals surface area contributed by atoms with Crippen LogP contribution in [0.15, 0.2) is 60.2 Å². The van der Waals surface area contributed by atoms with E-state index >= 15 is 0 Å². The lowest BCUT2D eigenvalue weighted by atomic mass is 9.95. The van der Waals surface area contributed by atoms with Crippen molar-refractivity contribution in [1.29, 1.82) is 0 Å². The number of nitrogens with zero attached hydrogens (tertiary/aromatic N) is 2. The van der Waals surface area contributed by atoms with Crippen molar-refractivity contribution < 1.29 is 24.2 Å². The summed E-state index contributed by atoms with van der Waals surface area (Å²) in [6.45, 7) is 11.0. The van der Waals surface area contributed by atoms with Crippen molar-refractivity contribution in [2.45, 2.75) is 47.1 Å². The molecule has 0 spiro atoms. The number of hydrogen-bond donors (Lipinski definition) is 1. The summed E-state index contributed by atoms with van der Waals surface area (Å²) in [6, 6.07) is 14.9. The number of halogens is 1. The average Bonchev–Trinajstić information content (AvgIpc) is 3.48. The number of carbonyl (C=O) groups is 2. The van der Waals surface area contributed by atoms with Gasteiger partial charge in [-0.15, -0.1) is 0 Å². The molecule has 3 aromatic carbocycles. The van der Waals surface area contributed by atoms with Gasteiger partial charge in [0.1, 0.15) is 5.76 Å². The van der Waals surface area contributed by atoms with Crippen LogP contribution in [0.1, 0.15) is 55.5 Å². The number of fused-ring (bicyclic) bond motifs is 1. The zero-order valence-electron chi connectivity index (χ0n) is 24.2. The highest BCUT2D eigenvalue weighted by molar-refractivity contribution is 7.22. The first-order chi connectivity index (χ1) is 20.1. The average molecular weight is 605 g/mol. The predicted molar refractivity (Wildman–Crippen MR) is 168 cm³/mol. The van der Waals surface area contributed by atoms with Gasteiger partial charge in [-0.25, -0.2) is 4.98 Å². The summed E-state index contributed by atoms with van der Waals surface area (Å²) in [6.07, 6.45) is 0.880. The Bertz CT molecular complexity index is 1690. The first-order valence-electron chi connectivity index (χ1n) is 13.9. The van der Waals surface area contributed by atoms with Crippen LogP contribution in [0.25, 0.3) is 16.0 Å². The molecule has 218 valence electrons. The third kappa shape index (κ3) is 5.74. The van der Waals surface area contributed by atoms with Gasteiger partial charge in [-0.2, -0.15) is 0 Å². The van der Waals surface area contributed by atoms with Gasteiger partial charge in [0.05, 0.1) is 35.0 Å². The second-order valence-corrected chi connectivity index (χ2v) is 12.2. The number of aromatic nitrogens is 1. The molecule has 5 rings (SSSR count). The number of Topliss-reactive ketones (excluding diaryl/α,β-unsaturated/α-hetero) is 1. The summed E-state index contributed by atoms with van der Waals surface area (Å²) in [7, 11) is 0. The van der Waals surface area contributed by atoms with E-state index in [0.29, 0.717) is 51.9 Å². The number of rotatable bonds is 9. The van der Waals surface area contributed by atoms with E-state index in [1.165, 1.54) is 16.2 Å². The summed E-state index contributed by atoms with van der Waals surface area (Å²) in [5.41, 5.74) is 3.73. The Kier molecular flexibility index (Phi) is 8.57. The summed E-state index contributed by atoms with van der Waals surface area (Å²) in [5, 5.41) is 12.3. The topological polar surface area (TPSA) is 89.0 Å². The molecule has 0 bridgehead atoms. The first kappa shape index (κ1) is 29.6. The summed E-state index contributed by atoms with van der Waals surface area (Å²) < 4.78 is 12.9. The molecule has 1 saturated heterocycles. The number of thiazole rings is 1. The second-order valence-electron chi connectivity index (χ2n) is 10.8. The highest BCUT2D eigenvalue weighted by Crippen LogP contribution is 2.46. The van der Waals surface area contributed by atoms with Gasteiger partial charge in [-0.05, 0) is 92.3 Å². The lowest BCUT2D eigenvalue weighted by molar-refractivity contribution is -0.132. The molecule has 1 fully saturated rings. The van der Waals surface area contributed by atoms with E-state index in [1.54, 1.807) is 42.5 Å². The number of carbonyl (C=O) groups excluding carboxylic acids is 2. The number of aryl methyl sites for hydroxylation is 2. The van der Waals surface area contributed by atoms with Gasteiger partial charge in [0.2, 0.25) is 0 Å². The molecule has 42 heavy (non-hydrogen) atoms. The van der Waals surface area contributed by atoms with E-state index in [4.69, 9.17) is 26.1 Å². The number of anilines is 1. The van der Waals surface area contributed by atoms with Crippen molar-refractivity contribution in [3.63, 3.8) is 0 Å². The van der Waals surface area contributed by atoms with E-state index in [2.05, 4.69) is 13.8 Å². The van der Waals surface area contributed by atoms with E-state index in [1.807, 2.05) is 32.9 Å². The van der Waals surface area contributed by atoms with Crippen molar-refractivity contribution in [3.8, 4) is 11.5 Å². The molecular weight excluding hydrogens is 572 g/mol. The molecule has 1 aliphatic heterocycles. The van der Waals surface area contributed by atoms with Crippen LogP contribution in [-0.4, -0.2) is 35.0 Å². The molecule has 1 N–H and O–H groups in total. The fraction of sp³-hybridized carbons (Fsp3) is 0.303. The number of ketones is 1. The van der Waals surface area contributed by atoms with Gasteiger partial charge in [0.15, 0.2) is 16.6 Å². The SMILES string of the molecule is CCOc1cc(C2/C(=C(\O)c3ccc(Cl)cc3)C(=O)C(=O)N2c2nc3c(C)cc(C)cc3s2)ccc1OCCC(C)C. The smallest absolute Gasteiger partial charge is 0.301 e. The van der Waals surface area contributed by atoms with Crippen LogP contribution >= 0.6 is 22.9 Å². The van der Waals surface area contributed by atoms with Crippen molar-refractivity contribution in [2.24, 2.45) is 5.92 Å². The zero-order valence-corrected chi connectivity index (χ0v) is 25.8. The Labute approximate surface area is 254 Å². The number of ether oxygens (including phenoxy) is 2. The number of benzene rings is 3. The van der Waals surface area contributed by atoms with E-state index in [9.17, 15) is 14.7 Å². The Balaban J connectivity index is 1.69. The monoisotopic (exact) mass is 604 g/mol. The molecule has 0 radical (unpaired) electrons. The van der Waals surface area contributed by atoms with Gasteiger partial charge in [0, 0.05) is 10.6 Å². The standard InChI is InChI=1S/C33H33ClN2O5S/c1-6-40-25-17-22(9-12-24(25)41-14-13-18(2)3)29-27(30(37)21-7-10-23(34)11-8-21)31(38)32(39)36(29)33-35-28-20(5)15-19(4)16-26(28)42-33/h7-12,15-18,29,37H,6,13-14H2,1-5H3/b30-27+. The van der Waals surface area contributed by atoms with Crippen LogP contribution in [0.3, 0.4) is 0 Å². The van der Waals surface area contributed by atoms with Crippen molar-refractivity contribution in [1.82, 2.24) is 4.98 Å². The molecular formula is C33H33ClN2O5S. The maximum absolute atomic E-state index is 13.7. The molecule has 1 aromatic heterocycles. The maximum Gasteiger partial charge on any atom is 0.301 e. The molecule has 0 saturated carbocycles. The molecule has 1 aliphatic rings. The Morgan fingerprint density at radius 2 is 1.79 bits per heavy atom. The Hall–Kier alpha value is -3.88. The third-order valence-electron chi connectivity index (χ3n) is 7.12. The minimum atomic E-state index is -0.952. The van der Waals surface area contributed by atoms with E-state index in [-0.39, 0.29) is 11.3 Å². The molecule has 1 unspecified atom stereocenters. The first-order valence-corrected chi connectivity index (χ1v) is 15.1. The highest BCUT2D eigenvalue weighted by atomic mass is 35.5. The largest absolute Gasteiger partial charge is 0.507 e. The van der Waals surface area contributed by atoms with Gasteiger partial charge in [0.25, 0.3) is 5.78 Å². The molecule has 2 heterocycles. The minimum Gasteiger partial charge on any atom is -0.507 e. The summed E-state index contributed by atoms with van der Waals surface area (Å²) >= 11 is 7.41. The molecule has 0 aliphatic carbocycles. The normalized spacial score (nSPS) is 16.5. The quantitative estimate of drug-likeness (QED) is 0.118. The molecule has 7 nitrogen and oxygen atoms in total. The van der Waals surface area contributed by atoms with Gasteiger partial charge in [-0.1, -0.05) is 48.9 Å². The fourth-order valence-corrected chi connectivity index (χ4v) is 6.35. The Morgan fingerprint density at radius 3 is 2.48 bits per heavy atom. The Morgan fingerprint density at radius 1 is 1.05 bits per heavy atom. The third-order valence-corrected chi connectivity index (χ3v) is 8.38. The fourth-order valence-electron chi connectivity index (χ4n) is 5.06. The number of aliphatic hydroxyl groups excluding tert-OH is 1. The van der Waals surface area contributed by atoms with Gasteiger partial charge < -0.3 is 14.6 Å². The van der Waals surface area contributed by atoms with Crippen LogP contribution in [0.2, 0.25) is 5.02 Å². The molecule has 1 atom stereocenters. The van der Waals surface area contributed by atoms with Gasteiger partial charge >= 0.3 is 5.91 Å². The van der Waals surface area contributed by atoms with Crippen LogP contribution in [-0.2, 0) is 9.59 Å². The maximum atomic E-state index is 13.7. The van der Waals surface area contributed by atoms with Crippen LogP contribution in [0.4, 0.5) is 5.13 Å². The zero-order chi connectivity index (χ0) is 30.1. The van der Waals surface area contributed by atoms with Crippen LogP contribution in [0.5, 0.6) is 11.5 Å². The van der Waals surface area contributed by atoms with Crippen molar-refractivity contribution in [3.05, 3.63) is 87.4 Å². The minimum absolute atomic E-state index is 0.0367. The number of amides is 1. The van der Waals surface area contributed by atoms with E-state index in [0.717, 1.165) is 27.8 Å². The highest BCUT2D eigenvalue weighted by Gasteiger charge is 2.48. The molecule has 1 amide bonds. The van der Waals surface area contributed by atoms with Crippen molar-refractivity contribution in [2.75, 3.05) is 18.1 Å². The van der Waals surface area contributed by atoms with Crippen LogP contribution in [0, 0.1) is 19.8 Å². The van der Waals surface area contributed by atoms with Crippen molar-refractivity contribution >= 4 is 55.7 Å². The lowest BCUT2D eigenvalue weighted by Crippen LogP contribution is -2.29. The second kappa shape index (κ2) is 12.2. The van der Waals surface area contributed by atoms with Crippen LogP contribution < -0.4 is 14.4 Å². The number of aliphatic hydroxyl groups is 1.